The molecule has 0 atom stereocenters. The van der Waals surface area contributed by atoms with Crippen LogP contribution >= 0.6 is 0 Å². The van der Waals surface area contributed by atoms with Gasteiger partial charge in [-0.2, -0.15) is 5.10 Å². The van der Waals surface area contributed by atoms with Gasteiger partial charge in [0, 0.05) is 49.1 Å². The Morgan fingerprint density at radius 1 is 1.28 bits per heavy atom. The molecule has 3 aromatic rings. The molecule has 2 aliphatic heterocycles. The van der Waals surface area contributed by atoms with E-state index in [-0.39, 0.29) is 11.5 Å². The predicted octanol–water partition coefficient (Wildman–Crippen LogP) is 2.34. The van der Waals surface area contributed by atoms with Gasteiger partial charge in [-0.1, -0.05) is 5.16 Å². The normalized spacial score (nSPS) is 17.5. The number of fused-ring (bicyclic) bond motifs is 2. The minimum Gasteiger partial charge on any atom is -0.487 e. The highest BCUT2D eigenvalue weighted by atomic mass is 16.5. The van der Waals surface area contributed by atoms with Gasteiger partial charge < -0.3 is 24.9 Å². The predicted molar refractivity (Wildman–Crippen MR) is 118 cm³/mol. The number of hydrogen-bond acceptors (Lipinski definition) is 8. The van der Waals surface area contributed by atoms with E-state index in [0.29, 0.717) is 30.0 Å². The molecule has 2 N–H and O–H groups in total. The number of aromatic nitrogens is 3. The molecule has 10 heteroatoms. The van der Waals surface area contributed by atoms with E-state index >= 15 is 0 Å². The molecule has 1 fully saturated rings. The van der Waals surface area contributed by atoms with Gasteiger partial charge in [0.1, 0.15) is 16.9 Å². The lowest BCUT2D eigenvalue weighted by molar-refractivity contribution is 0.102. The molecule has 0 aliphatic carbocycles. The number of oxime groups is 1. The molecule has 1 saturated heterocycles. The van der Waals surface area contributed by atoms with Gasteiger partial charge in [0.15, 0.2) is 5.65 Å². The molecule has 166 valence electrons. The quantitative estimate of drug-likeness (QED) is 0.367. The molecule has 2 aromatic heterocycles. The molecule has 10 nitrogen and oxygen atoms in total. The van der Waals surface area contributed by atoms with Crippen molar-refractivity contribution in [2.75, 3.05) is 36.5 Å². The van der Waals surface area contributed by atoms with Crippen molar-refractivity contribution >= 4 is 29.1 Å². The first-order valence-electron chi connectivity index (χ1n) is 10.4. The Morgan fingerprint density at radius 3 is 2.88 bits per heavy atom. The number of benzene rings is 1. The topological polar surface area (TPSA) is 114 Å². The first kappa shape index (κ1) is 20.3. The van der Waals surface area contributed by atoms with Gasteiger partial charge in [-0.3, -0.25) is 4.79 Å². The smallest absolute Gasteiger partial charge is 0.261 e. The minimum absolute atomic E-state index is 0.283. The molecule has 2 aliphatic rings. The Labute approximate surface area is 184 Å². The zero-order valence-corrected chi connectivity index (χ0v) is 17.9. The fourth-order valence-electron chi connectivity index (χ4n) is 4.18. The van der Waals surface area contributed by atoms with Crippen molar-refractivity contribution in [3.63, 3.8) is 0 Å². The molecular weight excluding hydrogens is 412 g/mol. The van der Waals surface area contributed by atoms with Crippen LogP contribution in [0, 0.1) is 0 Å². The monoisotopic (exact) mass is 436 g/mol. The average Bonchev–Trinajstić information content (AvgIpc) is 3.32. The first-order valence-corrected chi connectivity index (χ1v) is 10.4. The van der Waals surface area contributed by atoms with E-state index in [1.165, 1.54) is 23.1 Å². The Kier molecular flexibility index (Phi) is 4.93. The summed E-state index contributed by atoms with van der Waals surface area (Å²) < 4.78 is 13.1. The van der Waals surface area contributed by atoms with Crippen LogP contribution in [0.1, 0.15) is 35.3 Å². The minimum atomic E-state index is -0.302. The van der Waals surface area contributed by atoms with E-state index in [1.54, 1.807) is 6.20 Å². The van der Waals surface area contributed by atoms with Gasteiger partial charge in [-0.05, 0) is 19.9 Å². The van der Waals surface area contributed by atoms with Crippen LogP contribution in [0.3, 0.4) is 0 Å². The number of carbonyl (C=O) groups excluding carboxylic acids is 1. The number of anilines is 2. The van der Waals surface area contributed by atoms with Gasteiger partial charge >= 0.3 is 0 Å². The molecular formula is C22H24N6O4. The maximum atomic E-state index is 13.2. The Bertz CT molecular complexity index is 1210. The van der Waals surface area contributed by atoms with Crippen LogP contribution in [-0.4, -0.2) is 63.8 Å². The molecule has 0 unspecified atom stereocenters. The number of morpholine rings is 1. The lowest BCUT2D eigenvalue weighted by Crippen LogP contribution is -2.36. The third-order valence-corrected chi connectivity index (χ3v) is 5.61. The Morgan fingerprint density at radius 2 is 2.09 bits per heavy atom. The standard InChI is InChI=1S/C22H24N6O4/c1-22(2)9-15-7-17(18(8-19(15)32-22)27-3-5-31-6-4-27)26-21(29)16-12-24-28-13-14(11-25-30)10-23-20(16)28/h7-8,10-13,30H,3-6,9H2,1-2H3,(H,26,29)/b25-11-. The SMILES string of the molecule is CC1(C)Cc2cc(NC(=O)c3cnn4cc(/C=N\O)cnc34)c(N3CCOCC3)cc2O1. The van der Waals surface area contributed by atoms with Crippen LogP contribution in [0.15, 0.2) is 35.9 Å². The molecule has 1 amide bonds. The largest absolute Gasteiger partial charge is 0.487 e. The van der Waals surface area contributed by atoms with Gasteiger partial charge in [-0.15, -0.1) is 0 Å². The maximum absolute atomic E-state index is 13.2. The van der Waals surface area contributed by atoms with Crippen molar-refractivity contribution in [3.8, 4) is 5.75 Å². The number of rotatable bonds is 4. The molecule has 0 spiro atoms. The molecule has 0 bridgehead atoms. The summed E-state index contributed by atoms with van der Waals surface area (Å²) in [5, 5.41) is 19.0. The van der Waals surface area contributed by atoms with Crippen molar-refractivity contribution in [1.29, 1.82) is 0 Å². The lowest BCUT2D eigenvalue weighted by Gasteiger charge is -2.31. The van der Waals surface area contributed by atoms with Gasteiger partial charge in [0.2, 0.25) is 0 Å². The van der Waals surface area contributed by atoms with E-state index in [1.807, 2.05) is 12.1 Å². The first-order chi connectivity index (χ1) is 15.4. The van der Waals surface area contributed by atoms with E-state index in [4.69, 9.17) is 14.7 Å². The fourth-order valence-corrected chi connectivity index (χ4v) is 4.18. The van der Waals surface area contributed by atoms with Crippen LogP contribution in [-0.2, 0) is 11.2 Å². The van der Waals surface area contributed by atoms with Crippen molar-refractivity contribution in [2.24, 2.45) is 5.16 Å². The molecule has 5 rings (SSSR count). The van der Waals surface area contributed by atoms with Crippen molar-refractivity contribution < 1.29 is 19.5 Å². The number of ether oxygens (including phenoxy) is 2. The summed E-state index contributed by atoms with van der Waals surface area (Å²) in [6.07, 6.45) is 6.64. The Balaban J connectivity index is 1.49. The molecule has 0 radical (unpaired) electrons. The van der Waals surface area contributed by atoms with Crippen molar-refractivity contribution in [3.05, 3.63) is 47.4 Å². The van der Waals surface area contributed by atoms with E-state index in [9.17, 15) is 4.79 Å². The van der Waals surface area contributed by atoms with E-state index in [0.717, 1.165) is 42.2 Å². The second-order valence-electron chi connectivity index (χ2n) is 8.53. The zero-order valence-electron chi connectivity index (χ0n) is 17.9. The lowest BCUT2D eigenvalue weighted by atomic mass is 10.0. The highest BCUT2D eigenvalue weighted by Crippen LogP contribution is 2.42. The summed E-state index contributed by atoms with van der Waals surface area (Å²) in [5.41, 5.74) is 3.73. The molecule has 1 aromatic carbocycles. The number of carbonyl (C=O) groups is 1. The van der Waals surface area contributed by atoms with E-state index in [2.05, 4.69) is 39.3 Å². The fraction of sp³-hybridized carbons (Fsp3) is 0.364. The average molecular weight is 436 g/mol. The second-order valence-corrected chi connectivity index (χ2v) is 8.53. The van der Waals surface area contributed by atoms with Gasteiger partial charge in [0.25, 0.3) is 5.91 Å². The number of amides is 1. The summed E-state index contributed by atoms with van der Waals surface area (Å²) in [6, 6.07) is 4.02. The summed E-state index contributed by atoms with van der Waals surface area (Å²) in [5.74, 6) is 0.550. The summed E-state index contributed by atoms with van der Waals surface area (Å²) in [7, 11) is 0. The van der Waals surface area contributed by atoms with Crippen molar-refractivity contribution in [2.45, 2.75) is 25.9 Å². The van der Waals surface area contributed by atoms with Crippen molar-refractivity contribution in [1.82, 2.24) is 14.6 Å². The maximum Gasteiger partial charge on any atom is 0.261 e. The van der Waals surface area contributed by atoms with Crippen LogP contribution < -0.4 is 15.0 Å². The van der Waals surface area contributed by atoms with Crippen LogP contribution in [0.2, 0.25) is 0 Å². The Hall–Kier alpha value is -3.66. The van der Waals surface area contributed by atoms with Gasteiger partial charge in [-0.25, -0.2) is 9.50 Å². The zero-order chi connectivity index (χ0) is 22.3. The van der Waals surface area contributed by atoms with Gasteiger partial charge in [0.05, 0.1) is 37.0 Å². The van der Waals surface area contributed by atoms with Crippen LogP contribution in [0.25, 0.3) is 5.65 Å². The van der Waals surface area contributed by atoms with Crippen LogP contribution in [0.4, 0.5) is 11.4 Å². The number of nitrogens with one attached hydrogen (secondary N) is 1. The highest BCUT2D eigenvalue weighted by Gasteiger charge is 2.32. The molecule has 32 heavy (non-hydrogen) atoms. The highest BCUT2D eigenvalue weighted by molar-refractivity contribution is 6.09. The molecule has 4 heterocycles. The summed E-state index contributed by atoms with van der Waals surface area (Å²) in [4.78, 5) is 19.7. The molecule has 0 saturated carbocycles. The summed E-state index contributed by atoms with van der Waals surface area (Å²) in [6.45, 7) is 6.85. The number of nitrogens with zero attached hydrogens (tertiary/aromatic N) is 5. The number of hydrogen-bond donors (Lipinski definition) is 2. The third kappa shape index (κ3) is 3.73. The van der Waals surface area contributed by atoms with Crippen LogP contribution in [0.5, 0.6) is 5.75 Å². The van der Waals surface area contributed by atoms with E-state index < -0.39 is 0 Å². The summed E-state index contributed by atoms with van der Waals surface area (Å²) >= 11 is 0. The third-order valence-electron chi connectivity index (χ3n) is 5.61. The second kappa shape index (κ2) is 7.79.